The highest BCUT2D eigenvalue weighted by Crippen LogP contribution is 2.40. The third kappa shape index (κ3) is 2.87. The zero-order valence-corrected chi connectivity index (χ0v) is 14.2. The largest absolute Gasteiger partial charge is 0.496 e. The molecule has 1 unspecified atom stereocenters. The molecule has 0 bridgehead atoms. The van der Waals surface area contributed by atoms with Crippen molar-refractivity contribution >= 4 is 5.91 Å². The van der Waals surface area contributed by atoms with Crippen molar-refractivity contribution in [1.82, 2.24) is 9.88 Å². The molecule has 0 saturated heterocycles. The van der Waals surface area contributed by atoms with Crippen molar-refractivity contribution in [3.63, 3.8) is 0 Å². The number of methoxy groups -OCH3 is 1. The molecule has 1 aromatic heterocycles. The minimum Gasteiger partial charge on any atom is -0.496 e. The van der Waals surface area contributed by atoms with Crippen LogP contribution in [0.5, 0.6) is 5.75 Å². The molecular weight excluding hydrogens is 302 g/mol. The first-order chi connectivity index (χ1) is 11.6. The van der Waals surface area contributed by atoms with E-state index >= 15 is 0 Å². The maximum Gasteiger partial charge on any atom is 0.247 e. The molecule has 1 atom stereocenters. The fourth-order valence-electron chi connectivity index (χ4n) is 3.38. The zero-order valence-electron chi connectivity index (χ0n) is 14.2. The van der Waals surface area contributed by atoms with E-state index in [0.29, 0.717) is 19.4 Å². The molecule has 0 saturated carbocycles. The van der Waals surface area contributed by atoms with E-state index in [4.69, 9.17) is 10.5 Å². The maximum atomic E-state index is 13.0. The predicted molar refractivity (Wildman–Crippen MR) is 92.8 cm³/mol. The third-order valence-electron chi connectivity index (χ3n) is 4.76. The Morgan fingerprint density at radius 2 is 2.17 bits per heavy atom. The number of pyridine rings is 1. The summed E-state index contributed by atoms with van der Waals surface area (Å²) in [6.45, 7) is 0.591. The molecule has 5 nitrogen and oxygen atoms in total. The molecule has 0 radical (unpaired) electrons. The first kappa shape index (κ1) is 16.5. The number of benzene rings is 1. The number of rotatable bonds is 5. The van der Waals surface area contributed by atoms with Gasteiger partial charge in [0, 0.05) is 31.9 Å². The highest BCUT2D eigenvalue weighted by atomic mass is 16.5. The van der Waals surface area contributed by atoms with Gasteiger partial charge in [0.15, 0.2) is 0 Å². The highest BCUT2D eigenvalue weighted by molar-refractivity contribution is 5.89. The SMILES string of the molecule is COc1cccc2c1CCC2(N)C(=O)N(C)CCc1ccccn1. The Labute approximate surface area is 142 Å². The van der Waals surface area contributed by atoms with Gasteiger partial charge in [-0.3, -0.25) is 9.78 Å². The molecule has 1 heterocycles. The summed E-state index contributed by atoms with van der Waals surface area (Å²) in [4.78, 5) is 19.0. The van der Waals surface area contributed by atoms with Crippen molar-refractivity contribution in [2.24, 2.45) is 5.73 Å². The molecule has 1 aliphatic carbocycles. The van der Waals surface area contributed by atoms with Gasteiger partial charge in [-0.1, -0.05) is 18.2 Å². The fraction of sp³-hybridized carbons (Fsp3) is 0.368. The number of hydrogen-bond donors (Lipinski definition) is 1. The van der Waals surface area contributed by atoms with E-state index in [-0.39, 0.29) is 5.91 Å². The van der Waals surface area contributed by atoms with Gasteiger partial charge in [0.25, 0.3) is 0 Å². The number of ether oxygens (including phenoxy) is 1. The molecule has 0 spiro atoms. The number of carbonyl (C=O) groups is 1. The molecular formula is C19H23N3O2. The first-order valence-electron chi connectivity index (χ1n) is 8.17. The number of carbonyl (C=O) groups excluding carboxylic acids is 1. The van der Waals surface area contributed by atoms with Crippen LogP contribution < -0.4 is 10.5 Å². The van der Waals surface area contributed by atoms with Crippen LogP contribution >= 0.6 is 0 Å². The van der Waals surface area contributed by atoms with Crippen LogP contribution in [0.2, 0.25) is 0 Å². The summed E-state index contributed by atoms with van der Waals surface area (Å²) in [5, 5.41) is 0. The van der Waals surface area contributed by atoms with E-state index < -0.39 is 5.54 Å². The van der Waals surface area contributed by atoms with E-state index in [2.05, 4.69) is 4.98 Å². The monoisotopic (exact) mass is 325 g/mol. The van der Waals surface area contributed by atoms with Crippen LogP contribution in [0.3, 0.4) is 0 Å². The topological polar surface area (TPSA) is 68.5 Å². The molecule has 126 valence electrons. The summed E-state index contributed by atoms with van der Waals surface area (Å²) in [6, 6.07) is 11.6. The molecule has 2 N–H and O–H groups in total. The number of nitrogens with two attached hydrogens (primary N) is 1. The van der Waals surface area contributed by atoms with E-state index in [0.717, 1.165) is 29.0 Å². The minimum absolute atomic E-state index is 0.0505. The van der Waals surface area contributed by atoms with Crippen LogP contribution in [-0.4, -0.2) is 36.5 Å². The third-order valence-corrected chi connectivity index (χ3v) is 4.76. The molecule has 2 aromatic rings. The second-order valence-corrected chi connectivity index (χ2v) is 6.26. The number of amides is 1. The molecule has 1 aromatic carbocycles. The number of aromatic nitrogens is 1. The normalized spacial score (nSPS) is 19.0. The average molecular weight is 325 g/mol. The van der Waals surface area contributed by atoms with Gasteiger partial charge >= 0.3 is 0 Å². The second kappa shape index (κ2) is 6.61. The fourth-order valence-corrected chi connectivity index (χ4v) is 3.38. The van der Waals surface area contributed by atoms with E-state index in [1.165, 1.54) is 0 Å². The number of nitrogens with zero attached hydrogens (tertiary/aromatic N) is 2. The van der Waals surface area contributed by atoms with E-state index in [1.807, 2.05) is 36.4 Å². The molecule has 0 aliphatic heterocycles. The van der Waals surface area contributed by atoms with Crippen LogP contribution in [0.1, 0.15) is 23.2 Å². The van der Waals surface area contributed by atoms with Crippen molar-refractivity contribution in [2.75, 3.05) is 20.7 Å². The standard InChI is InChI=1S/C19H23N3O2/c1-22(13-10-14-6-3-4-12-21-14)18(23)19(20)11-9-15-16(19)7-5-8-17(15)24-2/h3-8,12H,9-11,13,20H2,1-2H3. The van der Waals surface area contributed by atoms with E-state index in [1.54, 1.807) is 25.3 Å². The zero-order chi connectivity index (χ0) is 17.2. The molecule has 5 heteroatoms. The first-order valence-corrected chi connectivity index (χ1v) is 8.17. The van der Waals surface area contributed by atoms with Gasteiger partial charge in [0.1, 0.15) is 11.3 Å². The number of likely N-dealkylation sites (N-methyl/N-ethyl adjacent to an activating group) is 1. The summed E-state index contributed by atoms with van der Waals surface area (Å²) < 4.78 is 5.41. The van der Waals surface area contributed by atoms with Gasteiger partial charge in [0.2, 0.25) is 5.91 Å². The van der Waals surface area contributed by atoms with Crippen LogP contribution in [0.25, 0.3) is 0 Å². The molecule has 1 amide bonds. The van der Waals surface area contributed by atoms with Crippen molar-refractivity contribution in [3.8, 4) is 5.75 Å². The Bertz CT molecular complexity index is 733. The molecule has 1 aliphatic rings. The molecule has 3 rings (SSSR count). The van der Waals surface area contributed by atoms with Gasteiger partial charge < -0.3 is 15.4 Å². The summed E-state index contributed by atoms with van der Waals surface area (Å²) >= 11 is 0. The lowest BCUT2D eigenvalue weighted by Gasteiger charge is -2.30. The van der Waals surface area contributed by atoms with Crippen molar-refractivity contribution < 1.29 is 9.53 Å². The van der Waals surface area contributed by atoms with Crippen LogP contribution in [0.15, 0.2) is 42.6 Å². The van der Waals surface area contributed by atoms with Crippen molar-refractivity contribution in [1.29, 1.82) is 0 Å². The predicted octanol–water partition coefficient (Wildman–Crippen LogP) is 1.89. The maximum absolute atomic E-state index is 13.0. The summed E-state index contributed by atoms with van der Waals surface area (Å²) in [7, 11) is 3.45. The van der Waals surface area contributed by atoms with Gasteiger partial charge in [-0.05, 0) is 42.2 Å². The highest BCUT2D eigenvalue weighted by Gasteiger charge is 2.44. The lowest BCUT2D eigenvalue weighted by Crippen LogP contribution is -2.50. The molecule has 0 fully saturated rings. The van der Waals surface area contributed by atoms with Gasteiger partial charge in [-0.2, -0.15) is 0 Å². The van der Waals surface area contributed by atoms with Crippen molar-refractivity contribution in [2.45, 2.75) is 24.8 Å². The Kier molecular flexibility index (Phi) is 4.53. The van der Waals surface area contributed by atoms with Crippen LogP contribution in [0, 0.1) is 0 Å². The van der Waals surface area contributed by atoms with Crippen LogP contribution in [-0.2, 0) is 23.2 Å². The molecule has 24 heavy (non-hydrogen) atoms. The Hall–Kier alpha value is -2.40. The van der Waals surface area contributed by atoms with E-state index in [9.17, 15) is 4.79 Å². The lowest BCUT2D eigenvalue weighted by atomic mass is 9.91. The minimum atomic E-state index is -0.970. The summed E-state index contributed by atoms with van der Waals surface area (Å²) in [5.74, 6) is 0.759. The lowest BCUT2D eigenvalue weighted by molar-refractivity contribution is -0.136. The Morgan fingerprint density at radius 1 is 1.33 bits per heavy atom. The van der Waals surface area contributed by atoms with Crippen molar-refractivity contribution in [3.05, 3.63) is 59.4 Å². The average Bonchev–Trinajstić information content (AvgIpc) is 2.98. The van der Waals surface area contributed by atoms with Crippen LogP contribution in [0.4, 0.5) is 0 Å². The number of hydrogen-bond acceptors (Lipinski definition) is 4. The summed E-state index contributed by atoms with van der Waals surface area (Å²) in [5.41, 5.74) is 8.48. The van der Waals surface area contributed by atoms with Gasteiger partial charge in [0.05, 0.1) is 7.11 Å². The number of fused-ring (bicyclic) bond motifs is 1. The second-order valence-electron chi connectivity index (χ2n) is 6.26. The Balaban J connectivity index is 1.76. The van der Waals surface area contributed by atoms with Gasteiger partial charge in [-0.25, -0.2) is 0 Å². The quantitative estimate of drug-likeness (QED) is 0.911. The summed E-state index contributed by atoms with van der Waals surface area (Å²) in [6.07, 6.45) is 3.84. The Morgan fingerprint density at radius 3 is 2.88 bits per heavy atom. The smallest absolute Gasteiger partial charge is 0.247 e. The van der Waals surface area contributed by atoms with Gasteiger partial charge in [-0.15, -0.1) is 0 Å².